The lowest BCUT2D eigenvalue weighted by atomic mass is 10.1. The van der Waals surface area contributed by atoms with Crippen molar-refractivity contribution in [3.63, 3.8) is 0 Å². The smallest absolute Gasteiger partial charge is 0.277 e. The fourth-order valence-electron chi connectivity index (χ4n) is 2.09. The molecular weight excluding hydrogens is 312 g/mol. The van der Waals surface area contributed by atoms with Crippen LogP contribution in [0.15, 0.2) is 34.2 Å². The lowest BCUT2D eigenvalue weighted by molar-refractivity contribution is -0.119. The summed E-state index contributed by atoms with van der Waals surface area (Å²) < 4.78 is 5.53. The second-order valence-electron chi connectivity index (χ2n) is 5.37. The van der Waals surface area contributed by atoms with Crippen molar-refractivity contribution < 1.29 is 9.21 Å². The number of nitrogens with zero attached hydrogens (tertiary/aromatic N) is 3. The molecule has 0 bridgehead atoms. The standard InChI is InChI=1S/C16H22N4O2S/c1-3-4-5-7-12(2)18-14(21)11-23-16-20-19-15(22-16)13-8-6-9-17-10-13/h6,8-10,12H,3-5,7,11H2,1-2H3,(H,18,21)/t12-/m0/s1. The minimum absolute atomic E-state index is 0.0138. The van der Waals surface area contributed by atoms with Crippen LogP contribution in [-0.4, -0.2) is 32.9 Å². The summed E-state index contributed by atoms with van der Waals surface area (Å²) in [4.78, 5) is 15.9. The summed E-state index contributed by atoms with van der Waals surface area (Å²) in [6.07, 6.45) is 7.88. The van der Waals surface area contributed by atoms with Gasteiger partial charge in [0, 0.05) is 18.4 Å². The number of carbonyl (C=O) groups excluding carboxylic acids is 1. The number of hydrogen-bond acceptors (Lipinski definition) is 6. The van der Waals surface area contributed by atoms with Crippen LogP contribution in [0.25, 0.3) is 11.5 Å². The second-order valence-corrected chi connectivity index (χ2v) is 6.29. The number of amides is 1. The largest absolute Gasteiger partial charge is 0.411 e. The number of unbranched alkanes of at least 4 members (excludes halogenated alkanes) is 2. The second kappa shape index (κ2) is 9.29. The SMILES string of the molecule is CCCCC[C@H](C)NC(=O)CSc1nnc(-c2cccnc2)o1. The lowest BCUT2D eigenvalue weighted by Crippen LogP contribution is -2.33. The highest BCUT2D eigenvalue weighted by Gasteiger charge is 2.12. The minimum Gasteiger partial charge on any atom is -0.411 e. The predicted molar refractivity (Wildman–Crippen MR) is 90.0 cm³/mol. The lowest BCUT2D eigenvalue weighted by Gasteiger charge is -2.12. The molecule has 2 aromatic rings. The molecule has 1 N–H and O–H groups in total. The van der Waals surface area contributed by atoms with Gasteiger partial charge in [-0.2, -0.15) is 0 Å². The van der Waals surface area contributed by atoms with Crippen LogP contribution in [0.1, 0.15) is 39.5 Å². The highest BCUT2D eigenvalue weighted by Crippen LogP contribution is 2.22. The summed E-state index contributed by atoms with van der Waals surface area (Å²) in [6, 6.07) is 3.85. The zero-order valence-corrected chi connectivity index (χ0v) is 14.3. The van der Waals surface area contributed by atoms with Gasteiger partial charge in [-0.15, -0.1) is 10.2 Å². The average Bonchev–Trinajstić information content (AvgIpc) is 3.03. The van der Waals surface area contributed by atoms with Gasteiger partial charge in [0.05, 0.1) is 11.3 Å². The molecule has 0 unspecified atom stereocenters. The first kappa shape index (κ1) is 17.5. The average molecular weight is 334 g/mol. The van der Waals surface area contributed by atoms with Crippen molar-refractivity contribution in [3.05, 3.63) is 24.5 Å². The predicted octanol–water partition coefficient (Wildman–Crippen LogP) is 3.31. The molecular formula is C16H22N4O2S. The third kappa shape index (κ3) is 6.02. The van der Waals surface area contributed by atoms with E-state index in [9.17, 15) is 4.79 Å². The van der Waals surface area contributed by atoms with Gasteiger partial charge in [0.25, 0.3) is 5.22 Å². The van der Waals surface area contributed by atoms with Crippen molar-refractivity contribution in [1.29, 1.82) is 0 Å². The van der Waals surface area contributed by atoms with Crippen molar-refractivity contribution in [3.8, 4) is 11.5 Å². The van der Waals surface area contributed by atoms with Crippen LogP contribution in [0.2, 0.25) is 0 Å². The Kier molecular flexibility index (Phi) is 7.06. The molecule has 0 spiro atoms. The van der Waals surface area contributed by atoms with Crippen LogP contribution >= 0.6 is 11.8 Å². The number of carbonyl (C=O) groups is 1. The van der Waals surface area contributed by atoms with Gasteiger partial charge in [-0.3, -0.25) is 9.78 Å². The molecule has 0 fully saturated rings. The van der Waals surface area contributed by atoms with Crippen LogP contribution < -0.4 is 5.32 Å². The minimum atomic E-state index is -0.0138. The zero-order chi connectivity index (χ0) is 16.5. The summed E-state index contributed by atoms with van der Waals surface area (Å²) in [5, 5.41) is 11.3. The number of nitrogens with one attached hydrogen (secondary N) is 1. The molecule has 0 saturated heterocycles. The van der Waals surface area contributed by atoms with E-state index in [4.69, 9.17) is 4.42 Å². The Morgan fingerprint density at radius 2 is 2.26 bits per heavy atom. The molecule has 0 radical (unpaired) electrons. The van der Waals surface area contributed by atoms with E-state index in [2.05, 4.69) is 27.4 Å². The summed E-state index contributed by atoms with van der Waals surface area (Å²) in [7, 11) is 0. The number of thioether (sulfide) groups is 1. The van der Waals surface area contributed by atoms with E-state index in [0.29, 0.717) is 11.1 Å². The highest BCUT2D eigenvalue weighted by atomic mass is 32.2. The van der Waals surface area contributed by atoms with Crippen molar-refractivity contribution in [2.75, 3.05) is 5.75 Å². The van der Waals surface area contributed by atoms with Gasteiger partial charge in [0.1, 0.15) is 0 Å². The summed E-state index contributed by atoms with van der Waals surface area (Å²) in [5.74, 6) is 0.668. The normalized spacial score (nSPS) is 12.1. The van der Waals surface area contributed by atoms with Crippen LogP contribution in [0.3, 0.4) is 0 Å². The van der Waals surface area contributed by atoms with E-state index in [1.54, 1.807) is 18.5 Å². The molecule has 0 aliphatic heterocycles. The van der Waals surface area contributed by atoms with Crippen LogP contribution in [0.4, 0.5) is 0 Å². The van der Waals surface area contributed by atoms with Gasteiger partial charge < -0.3 is 9.73 Å². The Hall–Kier alpha value is -1.89. The maximum Gasteiger partial charge on any atom is 0.277 e. The third-order valence-corrected chi connectivity index (χ3v) is 4.11. The van der Waals surface area contributed by atoms with Gasteiger partial charge in [0.15, 0.2) is 0 Å². The molecule has 124 valence electrons. The molecule has 23 heavy (non-hydrogen) atoms. The van der Waals surface area contributed by atoms with Gasteiger partial charge in [-0.1, -0.05) is 37.9 Å². The topological polar surface area (TPSA) is 80.9 Å². The van der Waals surface area contributed by atoms with Crippen LogP contribution in [-0.2, 0) is 4.79 Å². The first-order chi connectivity index (χ1) is 11.2. The molecule has 0 saturated carbocycles. The van der Waals surface area contributed by atoms with Crippen molar-refractivity contribution >= 4 is 17.7 Å². The quantitative estimate of drug-likeness (QED) is 0.560. The Balaban J connectivity index is 1.75. The number of pyridine rings is 1. The molecule has 2 rings (SSSR count). The van der Waals surface area contributed by atoms with Crippen molar-refractivity contribution in [2.45, 2.75) is 50.8 Å². The molecule has 7 heteroatoms. The van der Waals surface area contributed by atoms with E-state index >= 15 is 0 Å². The molecule has 0 aliphatic carbocycles. The molecule has 2 aromatic heterocycles. The molecule has 1 atom stereocenters. The summed E-state index contributed by atoms with van der Waals surface area (Å²) in [6.45, 7) is 4.20. The third-order valence-electron chi connectivity index (χ3n) is 3.29. The number of hydrogen-bond donors (Lipinski definition) is 1. The van der Waals surface area contributed by atoms with Gasteiger partial charge in [-0.05, 0) is 25.5 Å². The van der Waals surface area contributed by atoms with Gasteiger partial charge in [0.2, 0.25) is 11.8 Å². The van der Waals surface area contributed by atoms with Gasteiger partial charge >= 0.3 is 0 Å². The maximum atomic E-state index is 11.9. The molecule has 6 nitrogen and oxygen atoms in total. The van der Waals surface area contributed by atoms with Gasteiger partial charge in [-0.25, -0.2) is 0 Å². The molecule has 1 amide bonds. The first-order valence-corrected chi connectivity index (χ1v) is 8.83. The van der Waals surface area contributed by atoms with E-state index in [1.165, 1.54) is 24.6 Å². The number of rotatable bonds is 9. The van der Waals surface area contributed by atoms with Crippen molar-refractivity contribution in [1.82, 2.24) is 20.5 Å². The first-order valence-electron chi connectivity index (χ1n) is 7.85. The highest BCUT2D eigenvalue weighted by molar-refractivity contribution is 7.99. The monoisotopic (exact) mass is 334 g/mol. The fourth-order valence-corrected chi connectivity index (χ4v) is 2.66. The Labute approximate surface area is 140 Å². The van der Waals surface area contributed by atoms with E-state index < -0.39 is 0 Å². The van der Waals surface area contributed by atoms with E-state index in [-0.39, 0.29) is 17.7 Å². The Bertz CT molecular complexity index is 603. The Morgan fingerprint density at radius 3 is 3.00 bits per heavy atom. The van der Waals surface area contributed by atoms with E-state index in [1.807, 2.05) is 13.0 Å². The fraction of sp³-hybridized carbons (Fsp3) is 0.500. The van der Waals surface area contributed by atoms with Crippen molar-refractivity contribution in [2.24, 2.45) is 0 Å². The number of aromatic nitrogens is 3. The summed E-state index contributed by atoms with van der Waals surface area (Å²) in [5.41, 5.74) is 0.765. The van der Waals surface area contributed by atoms with Crippen LogP contribution in [0.5, 0.6) is 0 Å². The van der Waals surface area contributed by atoms with Crippen LogP contribution in [0, 0.1) is 0 Å². The molecule has 0 aromatic carbocycles. The van der Waals surface area contributed by atoms with E-state index in [0.717, 1.165) is 18.4 Å². The molecule has 0 aliphatic rings. The molecule has 2 heterocycles. The summed E-state index contributed by atoms with van der Waals surface area (Å²) >= 11 is 1.24. The maximum absolute atomic E-state index is 11.9. The Morgan fingerprint density at radius 1 is 1.39 bits per heavy atom. The zero-order valence-electron chi connectivity index (χ0n) is 13.5.